The van der Waals surface area contributed by atoms with Crippen LogP contribution in [0.5, 0.6) is 0 Å². The first-order valence-corrected chi connectivity index (χ1v) is 4.78. The van der Waals surface area contributed by atoms with Gasteiger partial charge in [0.2, 0.25) is 0 Å². The fraction of sp³-hybridized carbons (Fsp3) is 0.571. The quantitative estimate of drug-likeness (QED) is 0.628. The summed E-state index contributed by atoms with van der Waals surface area (Å²) in [4.78, 5) is 0. The van der Waals surface area contributed by atoms with E-state index in [1.807, 2.05) is 0 Å². The fourth-order valence-corrected chi connectivity index (χ4v) is 1.63. The molecule has 1 saturated carbocycles. The lowest BCUT2D eigenvalue weighted by molar-refractivity contribution is 0.330. The Kier molecular flexibility index (Phi) is 1.19. The van der Waals surface area contributed by atoms with Crippen molar-refractivity contribution in [2.45, 2.75) is 45.3 Å². The van der Waals surface area contributed by atoms with Gasteiger partial charge in [-0.3, -0.25) is 0 Å². The van der Waals surface area contributed by atoms with Crippen molar-refractivity contribution in [3.63, 3.8) is 0 Å². The average molecular weight is 196 g/mol. The van der Waals surface area contributed by atoms with Crippen LogP contribution in [0.4, 0.5) is 0 Å². The first kappa shape index (κ1) is 4.00. The predicted molar refractivity (Wildman–Crippen MR) is 61.6 cm³/mol. The average Bonchev–Trinajstić information content (AvgIpc) is 2.36. The Morgan fingerprint density at radius 1 is 1.43 bits per heavy atom. The third-order valence-corrected chi connectivity index (χ3v) is 2.42. The zero-order valence-corrected chi connectivity index (χ0v) is 8.52. The predicted octanol–water partition coefficient (Wildman–Crippen LogP) is 4.29. The van der Waals surface area contributed by atoms with E-state index >= 15 is 0 Å². The maximum absolute atomic E-state index is 8.71. The van der Waals surface area contributed by atoms with Crippen molar-refractivity contribution in [1.29, 1.82) is 0 Å². The first-order valence-electron chi connectivity index (χ1n) is 8.78. The SMILES string of the molecule is [2H]C1([2H])CC([2H])(c2cccc(C)c2)C([2H])(C)C([2H])([2H])C1([2H])[2H]. The summed E-state index contributed by atoms with van der Waals surface area (Å²) in [6.45, 7) is 2.99. The molecule has 0 radical (unpaired) electrons. The Morgan fingerprint density at radius 3 is 3.07 bits per heavy atom. The summed E-state index contributed by atoms with van der Waals surface area (Å²) in [6.07, 6.45) is -8.81. The maximum atomic E-state index is 8.71. The van der Waals surface area contributed by atoms with Crippen LogP contribution in [-0.4, -0.2) is 0 Å². The molecular weight excluding hydrogens is 168 g/mol. The molecule has 14 heavy (non-hydrogen) atoms. The minimum atomic E-state index is -2.86. The molecule has 0 bridgehead atoms. The van der Waals surface area contributed by atoms with Crippen LogP contribution in [0.15, 0.2) is 24.3 Å². The molecule has 1 aromatic rings. The highest BCUT2D eigenvalue weighted by atomic mass is 14.3. The number of hydrogen-bond donors (Lipinski definition) is 0. The molecule has 0 saturated heterocycles. The van der Waals surface area contributed by atoms with Crippen molar-refractivity contribution < 1.29 is 11.0 Å². The lowest BCUT2D eigenvalue weighted by Gasteiger charge is -2.29. The van der Waals surface area contributed by atoms with Crippen LogP contribution >= 0.6 is 0 Å². The van der Waals surface area contributed by atoms with E-state index in [2.05, 4.69) is 0 Å². The van der Waals surface area contributed by atoms with E-state index in [9.17, 15) is 0 Å². The molecule has 1 aliphatic carbocycles. The highest BCUT2D eigenvalue weighted by Crippen LogP contribution is 2.37. The largest absolute Gasteiger partial charge is 0.0619 e. The monoisotopic (exact) mass is 196 g/mol. The molecule has 1 fully saturated rings. The smallest absolute Gasteiger partial charge is 0.0355 e. The van der Waals surface area contributed by atoms with Crippen molar-refractivity contribution in [1.82, 2.24) is 0 Å². The molecule has 0 heterocycles. The second kappa shape index (κ2) is 4.16. The molecule has 0 aromatic heterocycles. The van der Waals surface area contributed by atoms with E-state index in [-0.39, 0.29) is 0 Å². The van der Waals surface area contributed by atoms with Crippen LogP contribution in [-0.2, 0) is 0 Å². The molecular formula is C14H20. The molecule has 0 nitrogen and oxygen atoms in total. The normalized spacial score (nSPS) is 57.3. The summed E-state index contributed by atoms with van der Waals surface area (Å²) < 4.78 is 65.0. The van der Waals surface area contributed by atoms with Crippen LogP contribution < -0.4 is 0 Å². The Labute approximate surface area is 98.6 Å². The molecule has 0 heteroatoms. The van der Waals surface area contributed by atoms with E-state index in [0.717, 1.165) is 5.56 Å². The molecule has 2 unspecified atom stereocenters. The molecule has 0 amide bonds. The Balaban J connectivity index is 2.72. The lowest BCUT2D eigenvalue weighted by Crippen LogP contribution is -2.14. The minimum absolute atomic E-state index is 0.341. The van der Waals surface area contributed by atoms with Crippen LogP contribution in [0.3, 0.4) is 0 Å². The number of benzene rings is 1. The summed E-state index contributed by atoms with van der Waals surface area (Å²) in [5, 5.41) is 0. The summed E-state index contributed by atoms with van der Waals surface area (Å²) in [5.41, 5.74) is 1.17. The highest BCUT2D eigenvalue weighted by molar-refractivity contribution is 5.26. The van der Waals surface area contributed by atoms with Gasteiger partial charge >= 0.3 is 0 Å². The zero-order chi connectivity index (χ0) is 17.2. The van der Waals surface area contributed by atoms with Gasteiger partial charge in [0.15, 0.2) is 0 Å². The van der Waals surface area contributed by atoms with E-state index in [4.69, 9.17) is 11.0 Å². The summed E-state index contributed by atoms with van der Waals surface area (Å²) >= 11 is 0. The molecule has 0 aliphatic heterocycles. The van der Waals surface area contributed by atoms with E-state index in [1.165, 1.54) is 6.92 Å². The molecule has 2 atom stereocenters. The fourth-order valence-electron chi connectivity index (χ4n) is 1.63. The van der Waals surface area contributed by atoms with Crippen LogP contribution in [0.2, 0.25) is 0 Å². The Bertz CT molecular complexity index is 592. The lowest BCUT2D eigenvalue weighted by atomic mass is 9.76. The van der Waals surface area contributed by atoms with E-state index < -0.39 is 37.3 Å². The van der Waals surface area contributed by atoms with Gasteiger partial charge in [-0.2, -0.15) is 0 Å². The topological polar surface area (TPSA) is 0 Å². The third-order valence-electron chi connectivity index (χ3n) is 2.42. The van der Waals surface area contributed by atoms with Gasteiger partial charge in [-0.1, -0.05) is 55.9 Å². The van der Waals surface area contributed by atoms with Crippen molar-refractivity contribution >= 4 is 0 Å². The van der Waals surface area contributed by atoms with Gasteiger partial charge < -0.3 is 0 Å². The van der Waals surface area contributed by atoms with Crippen LogP contribution in [0.25, 0.3) is 0 Å². The summed E-state index contributed by atoms with van der Waals surface area (Å²) in [5.74, 6) is -4.04. The molecule has 0 spiro atoms. The number of aryl methyl sites for hydroxylation is 1. The van der Waals surface area contributed by atoms with Crippen molar-refractivity contribution in [3.05, 3.63) is 35.4 Å². The second-order valence-electron chi connectivity index (χ2n) is 3.58. The minimum Gasteiger partial charge on any atom is -0.0619 e. The highest BCUT2D eigenvalue weighted by Gasteiger charge is 2.22. The molecule has 2 rings (SSSR count). The number of hydrogen-bond acceptors (Lipinski definition) is 0. The van der Waals surface area contributed by atoms with Gasteiger partial charge in [-0.15, -0.1) is 0 Å². The van der Waals surface area contributed by atoms with Gasteiger partial charge in [-0.25, -0.2) is 0 Å². The van der Waals surface area contributed by atoms with Crippen LogP contribution in [0.1, 0.15) is 60.5 Å². The van der Waals surface area contributed by atoms with Crippen molar-refractivity contribution in [2.24, 2.45) is 5.89 Å². The maximum Gasteiger partial charge on any atom is 0.0355 e. The van der Waals surface area contributed by atoms with Crippen molar-refractivity contribution in [3.8, 4) is 0 Å². The van der Waals surface area contributed by atoms with Gasteiger partial charge in [0.05, 0.1) is 0 Å². The molecule has 1 aliphatic rings. The Morgan fingerprint density at radius 2 is 2.29 bits per heavy atom. The van der Waals surface area contributed by atoms with E-state index in [1.54, 1.807) is 31.2 Å². The first-order chi connectivity index (χ1) is 9.71. The van der Waals surface area contributed by atoms with Gasteiger partial charge in [0, 0.05) is 11.0 Å². The zero-order valence-electron chi connectivity index (χ0n) is 16.5. The second-order valence-corrected chi connectivity index (χ2v) is 3.58. The van der Waals surface area contributed by atoms with Gasteiger partial charge in [-0.05, 0) is 30.7 Å². The van der Waals surface area contributed by atoms with Crippen molar-refractivity contribution in [2.75, 3.05) is 0 Å². The summed E-state index contributed by atoms with van der Waals surface area (Å²) in [7, 11) is 0. The van der Waals surface area contributed by atoms with Gasteiger partial charge in [0.1, 0.15) is 0 Å². The van der Waals surface area contributed by atoms with E-state index in [0.29, 0.717) is 5.56 Å². The standard InChI is InChI=1S/C14H20/c1-11-6-5-8-13(10-11)14-9-4-3-7-12(14)2/h5-6,8,10,12,14H,3-4,7,9H2,1-2H3/i3D2,4D2,7D2,12D,14D. The molecule has 0 N–H and O–H groups in total. The molecule has 76 valence electrons. The summed E-state index contributed by atoms with van der Waals surface area (Å²) in [6, 6.07) is 6.72. The van der Waals surface area contributed by atoms with Crippen LogP contribution in [0, 0.1) is 12.8 Å². The third kappa shape index (κ3) is 2.00. The molecule has 1 aromatic carbocycles. The number of rotatable bonds is 1. The van der Waals surface area contributed by atoms with Gasteiger partial charge in [0.25, 0.3) is 0 Å². The Hall–Kier alpha value is -0.780.